The topological polar surface area (TPSA) is 112 Å². The summed E-state index contributed by atoms with van der Waals surface area (Å²) in [6.07, 6.45) is 0.306. The number of amides is 1. The van der Waals surface area contributed by atoms with Gasteiger partial charge in [-0.05, 0) is 37.3 Å². The number of imidazole rings is 1. The van der Waals surface area contributed by atoms with Crippen molar-refractivity contribution >= 4 is 17.5 Å². The Kier molecular flexibility index (Phi) is 6.07. The van der Waals surface area contributed by atoms with E-state index in [0.717, 1.165) is 7.11 Å². The lowest BCUT2D eigenvalue weighted by molar-refractivity contribution is -0.172. The summed E-state index contributed by atoms with van der Waals surface area (Å²) in [5, 5.41) is 6.54. The van der Waals surface area contributed by atoms with Gasteiger partial charge in [0.1, 0.15) is 0 Å². The molecule has 1 aliphatic heterocycles. The second-order valence-corrected chi connectivity index (χ2v) is 9.43. The van der Waals surface area contributed by atoms with Gasteiger partial charge in [0.15, 0.2) is 11.1 Å². The van der Waals surface area contributed by atoms with Gasteiger partial charge in [0.05, 0.1) is 37.3 Å². The Balaban J connectivity index is 1.64. The molecule has 2 aromatic heterocycles. The van der Waals surface area contributed by atoms with Crippen LogP contribution in [0.2, 0.25) is 0 Å². The average Bonchev–Trinajstić information content (AvgIpc) is 3.18. The van der Waals surface area contributed by atoms with Gasteiger partial charge in [-0.15, -0.1) is 0 Å². The van der Waals surface area contributed by atoms with E-state index in [1.807, 2.05) is 0 Å². The van der Waals surface area contributed by atoms with Crippen molar-refractivity contribution in [1.82, 2.24) is 19.9 Å². The number of piperidine rings is 1. The maximum atomic E-state index is 14.2. The van der Waals surface area contributed by atoms with Crippen molar-refractivity contribution in [3.63, 3.8) is 0 Å². The lowest BCUT2D eigenvalue weighted by Gasteiger charge is -2.37. The molecule has 1 saturated heterocycles. The summed E-state index contributed by atoms with van der Waals surface area (Å²) in [6.45, 7) is 0.815. The molecule has 0 bridgehead atoms. The number of hydrogen-bond acceptors (Lipinski definition) is 6. The molecule has 2 fully saturated rings. The highest BCUT2D eigenvalue weighted by Gasteiger charge is 2.57. The van der Waals surface area contributed by atoms with Gasteiger partial charge in [0, 0.05) is 25.7 Å². The minimum absolute atomic E-state index is 0.152. The largest absolute Gasteiger partial charge is 0.468 e. The number of carbonyl (C=O) groups excluding carboxylic acids is 2. The number of rotatable bonds is 5. The number of aromatic nitrogens is 3. The zero-order chi connectivity index (χ0) is 24.9. The third-order valence-electron chi connectivity index (χ3n) is 6.92. The molecule has 186 valence electrons. The first-order chi connectivity index (χ1) is 15.9. The van der Waals surface area contributed by atoms with E-state index in [-0.39, 0.29) is 43.7 Å². The molecular weight excluding hydrogens is 458 g/mol. The number of methoxy groups -OCH3 is 1. The number of halogens is 4. The fourth-order valence-electron chi connectivity index (χ4n) is 4.89. The molecule has 0 aromatic carbocycles. The first-order valence-electron chi connectivity index (χ1n) is 11.1. The quantitative estimate of drug-likeness (QED) is 0.383. The number of esters is 1. The number of hydrogen-bond donors (Lipinski definition) is 2. The standard InChI is InChI=1S/C22H27F4N5O3/c1-12-7-16-29-15(17(27)13-3-5-21(23,24)6-4-13)9-31(16)30-14(12)8-20(19(33)34-2)10-22(25,26)11-28-18(20)32/h7,9,13,17H,3-6,8,10-11,27H2,1-2H3,(H,28,32)/t17-,20-/m0/s1. The van der Waals surface area contributed by atoms with Crippen LogP contribution in [0.3, 0.4) is 0 Å². The highest BCUT2D eigenvalue weighted by Crippen LogP contribution is 2.41. The first kappa shape index (κ1) is 24.4. The normalized spacial score (nSPS) is 25.7. The van der Waals surface area contributed by atoms with Crippen molar-refractivity contribution in [3.05, 3.63) is 29.2 Å². The van der Waals surface area contributed by atoms with E-state index < -0.39 is 48.1 Å². The van der Waals surface area contributed by atoms with Gasteiger partial charge in [-0.3, -0.25) is 9.59 Å². The maximum absolute atomic E-state index is 14.2. The Morgan fingerprint density at radius 1 is 1.29 bits per heavy atom. The van der Waals surface area contributed by atoms with Crippen molar-refractivity contribution < 1.29 is 31.9 Å². The van der Waals surface area contributed by atoms with Crippen LogP contribution in [0.1, 0.15) is 55.1 Å². The van der Waals surface area contributed by atoms with E-state index >= 15 is 0 Å². The van der Waals surface area contributed by atoms with Gasteiger partial charge in [-0.1, -0.05) is 0 Å². The van der Waals surface area contributed by atoms with Crippen LogP contribution < -0.4 is 11.1 Å². The van der Waals surface area contributed by atoms with E-state index in [1.54, 1.807) is 19.2 Å². The average molecular weight is 485 g/mol. The lowest BCUT2D eigenvalue weighted by atomic mass is 9.74. The summed E-state index contributed by atoms with van der Waals surface area (Å²) in [5.74, 6) is -8.00. The summed E-state index contributed by atoms with van der Waals surface area (Å²) < 4.78 is 61.6. The van der Waals surface area contributed by atoms with E-state index in [2.05, 4.69) is 15.4 Å². The predicted molar refractivity (Wildman–Crippen MR) is 112 cm³/mol. The highest BCUT2D eigenvalue weighted by molar-refractivity contribution is 6.03. The van der Waals surface area contributed by atoms with Crippen molar-refractivity contribution in [3.8, 4) is 0 Å². The van der Waals surface area contributed by atoms with E-state index in [1.165, 1.54) is 4.52 Å². The van der Waals surface area contributed by atoms with E-state index in [9.17, 15) is 27.2 Å². The van der Waals surface area contributed by atoms with Crippen LogP contribution in [-0.2, 0) is 20.7 Å². The molecule has 0 spiro atoms. The first-order valence-corrected chi connectivity index (χ1v) is 11.1. The molecule has 2 aromatic rings. The van der Waals surface area contributed by atoms with Gasteiger partial charge < -0.3 is 15.8 Å². The van der Waals surface area contributed by atoms with Crippen LogP contribution in [0.4, 0.5) is 17.6 Å². The monoisotopic (exact) mass is 485 g/mol. The van der Waals surface area contributed by atoms with Gasteiger partial charge in [-0.2, -0.15) is 5.10 Å². The minimum Gasteiger partial charge on any atom is -0.468 e. The molecule has 4 rings (SSSR count). The third kappa shape index (κ3) is 4.47. The van der Waals surface area contributed by atoms with Crippen LogP contribution in [0.25, 0.3) is 5.65 Å². The van der Waals surface area contributed by atoms with Gasteiger partial charge in [0.2, 0.25) is 11.8 Å². The second-order valence-electron chi connectivity index (χ2n) is 9.43. The summed E-state index contributed by atoms with van der Waals surface area (Å²) in [6, 6.07) is 1.09. The molecule has 12 heteroatoms. The fraction of sp³-hybridized carbons (Fsp3) is 0.636. The van der Waals surface area contributed by atoms with Crippen molar-refractivity contribution in [2.75, 3.05) is 13.7 Å². The Labute approximate surface area is 193 Å². The van der Waals surface area contributed by atoms with Crippen molar-refractivity contribution in [2.45, 2.75) is 63.3 Å². The Hall–Kier alpha value is -2.76. The molecule has 2 atom stereocenters. The minimum atomic E-state index is -3.29. The molecule has 3 N–H and O–H groups in total. The molecule has 34 heavy (non-hydrogen) atoms. The molecule has 1 amide bonds. The number of nitrogens with one attached hydrogen (secondary N) is 1. The second kappa shape index (κ2) is 8.47. The van der Waals surface area contributed by atoms with E-state index in [4.69, 9.17) is 10.5 Å². The zero-order valence-electron chi connectivity index (χ0n) is 18.9. The van der Waals surface area contributed by atoms with Crippen LogP contribution >= 0.6 is 0 Å². The third-order valence-corrected chi connectivity index (χ3v) is 6.92. The van der Waals surface area contributed by atoms with Crippen molar-refractivity contribution in [1.29, 1.82) is 0 Å². The van der Waals surface area contributed by atoms with Crippen molar-refractivity contribution in [2.24, 2.45) is 17.1 Å². The number of alkyl halides is 4. The SMILES string of the molecule is COC(=O)[C@@]1(Cc2nn3cc([C@@H](N)C4CCC(F)(F)CC4)nc3cc2C)CC(F)(F)CNC1=O. The molecule has 2 aliphatic rings. The lowest BCUT2D eigenvalue weighted by Crippen LogP contribution is -2.59. The summed E-state index contributed by atoms with van der Waals surface area (Å²) in [7, 11) is 1.04. The molecule has 1 aliphatic carbocycles. The number of aryl methyl sites for hydroxylation is 1. The smallest absolute Gasteiger partial charge is 0.322 e. The number of fused-ring (bicyclic) bond motifs is 1. The van der Waals surface area contributed by atoms with Crippen LogP contribution in [-0.4, -0.2) is 52.0 Å². The maximum Gasteiger partial charge on any atom is 0.322 e. The van der Waals surface area contributed by atoms with E-state index in [0.29, 0.717) is 16.9 Å². The number of nitrogens with two attached hydrogens (primary N) is 1. The highest BCUT2D eigenvalue weighted by atomic mass is 19.3. The molecule has 1 saturated carbocycles. The van der Waals surface area contributed by atoms with Gasteiger partial charge in [-0.25, -0.2) is 27.1 Å². The molecule has 3 heterocycles. The van der Waals surface area contributed by atoms with Crippen LogP contribution in [0.5, 0.6) is 0 Å². The Bertz CT molecular complexity index is 1100. The summed E-state index contributed by atoms with van der Waals surface area (Å²) >= 11 is 0. The molecule has 0 unspecified atom stereocenters. The Morgan fingerprint density at radius 2 is 1.97 bits per heavy atom. The van der Waals surface area contributed by atoms with Crippen LogP contribution in [0.15, 0.2) is 12.3 Å². The molecular formula is C22H27F4N5O3. The van der Waals surface area contributed by atoms with Gasteiger partial charge >= 0.3 is 5.97 Å². The number of nitrogens with zero attached hydrogens (tertiary/aromatic N) is 3. The number of ether oxygens (including phenoxy) is 1. The molecule has 8 nitrogen and oxygen atoms in total. The predicted octanol–water partition coefficient (Wildman–Crippen LogP) is 2.72. The Morgan fingerprint density at radius 3 is 2.62 bits per heavy atom. The van der Waals surface area contributed by atoms with Gasteiger partial charge in [0.25, 0.3) is 5.92 Å². The summed E-state index contributed by atoms with van der Waals surface area (Å²) in [4.78, 5) is 29.7. The molecule has 0 radical (unpaired) electrons. The summed E-state index contributed by atoms with van der Waals surface area (Å²) in [5.41, 5.74) is 5.90. The number of carbonyl (C=O) groups is 2. The zero-order valence-corrected chi connectivity index (χ0v) is 18.9. The fourth-order valence-corrected chi connectivity index (χ4v) is 4.89. The van der Waals surface area contributed by atoms with Crippen LogP contribution in [0, 0.1) is 18.3 Å².